The predicted molar refractivity (Wildman–Crippen MR) is 37.7 cm³/mol. The zero-order chi connectivity index (χ0) is 7.19. The normalized spacial score (nSPS) is 48.0. The highest BCUT2D eigenvalue weighted by Crippen LogP contribution is 2.32. The van der Waals surface area contributed by atoms with Gasteiger partial charge in [-0.25, -0.2) is 4.39 Å². The minimum Gasteiger partial charge on any atom is -0.310 e. The van der Waals surface area contributed by atoms with Crippen molar-refractivity contribution in [2.24, 2.45) is 0 Å². The highest BCUT2D eigenvalue weighted by molar-refractivity contribution is 5.05. The summed E-state index contributed by atoms with van der Waals surface area (Å²) in [5.41, 5.74) is -0.908. The molecule has 0 aromatic heterocycles. The molecule has 2 nitrogen and oxygen atoms in total. The first-order chi connectivity index (χ1) is 4.71. The van der Waals surface area contributed by atoms with E-state index >= 15 is 0 Å². The van der Waals surface area contributed by atoms with Gasteiger partial charge in [0.2, 0.25) is 0 Å². The number of nitrogens with one attached hydrogen (secondary N) is 1. The van der Waals surface area contributed by atoms with Crippen LogP contribution in [0.3, 0.4) is 0 Å². The first-order valence-corrected chi connectivity index (χ1v) is 3.81. The molecule has 2 fully saturated rings. The number of hydrogen-bond donors (Lipinski definition) is 1. The summed E-state index contributed by atoms with van der Waals surface area (Å²) in [7, 11) is 1.97. The van der Waals surface area contributed by atoms with Gasteiger partial charge < -0.3 is 10.2 Å². The average Bonchev–Trinajstić information content (AvgIpc) is 2.20. The van der Waals surface area contributed by atoms with E-state index < -0.39 is 5.67 Å². The van der Waals surface area contributed by atoms with Crippen molar-refractivity contribution < 1.29 is 4.39 Å². The molecule has 2 atom stereocenters. The van der Waals surface area contributed by atoms with Crippen LogP contribution in [-0.4, -0.2) is 43.3 Å². The van der Waals surface area contributed by atoms with Gasteiger partial charge in [-0.1, -0.05) is 0 Å². The van der Waals surface area contributed by atoms with E-state index in [1.165, 1.54) is 0 Å². The second-order valence-electron chi connectivity index (χ2n) is 3.49. The van der Waals surface area contributed by atoms with Gasteiger partial charge in [0, 0.05) is 13.1 Å². The van der Waals surface area contributed by atoms with Gasteiger partial charge in [-0.05, 0) is 20.0 Å². The van der Waals surface area contributed by atoms with Gasteiger partial charge in [-0.15, -0.1) is 0 Å². The summed E-state index contributed by atoms with van der Waals surface area (Å²) in [5, 5.41) is 3.17. The molecule has 2 aliphatic heterocycles. The van der Waals surface area contributed by atoms with Gasteiger partial charge in [0.15, 0.2) is 0 Å². The lowest BCUT2D eigenvalue weighted by Gasteiger charge is -2.15. The van der Waals surface area contributed by atoms with Crippen molar-refractivity contribution in [3.8, 4) is 0 Å². The van der Waals surface area contributed by atoms with Gasteiger partial charge in [0.25, 0.3) is 0 Å². The Morgan fingerprint density at radius 1 is 1.70 bits per heavy atom. The van der Waals surface area contributed by atoms with Crippen LogP contribution in [0.2, 0.25) is 0 Å². The van der Waals surface area contributed by atoms with Crippen LogP contribution in [0, 0.1) is 0 Å². The number of nitrogens with zero attached hydrogens (tertiary/aromatic N) is 1. The molecular weight excluding hydrogens is 131 g/mol. The summed E-state index contributed by atoms with van der Waals surface area (Å²) < 4.78 is 13.6. The third-order valence-electron chi connectivity index (χ3n) is 2.58. The fourth-order valence-electron chi connectivity index (χ4n) is 2.05. The maximum Gasteiger partial charge on any atom is 0.141 e. The van der Waals surface area contributed by atoms with Crippen LogP contribution >= 0.6 is 0 Å². The first-order valence-electron chi connectivity index (χ1n) is 3.81. The maximum absolute atomic E-state index is 13.6. The molecule has 0 radical (unpaired) electrons. The van der Waals surface area contributed by atoms with Crippen molar-refractivity contribution in [2.75, 3.05) is 26.7 Å². The molecule has 3 heteroatoms. The summed E-state index contributed by atoms with van der Waals surface area (Å²) in [6.45, 7) is 2.34. The Labute approximate surface area is 60.4 Å². The second kappa shape index (κ2) is 1.92. The van der Waals surface area contributed by atoms with Crippen molar-refractivity contribution in [1.29, 1.82) is 0 Å². The van der Waals surface area contributed by atoms with Gasteiger partial charge in [-0.3, -0.25) is 0 Å². The summed E-state index contributed by atoms with van der Waals surface area (Å²) in [6, 6.07) is 0.109. The standard InChI is InChI=1S/C7H13FN2/c1-10-4-6-7(8,5-10)2-3-9-6/h6,9H,2-5H2,1H3. The van der Waals surface area contributed by atoms with Crippen molar-refractivity contribution in [3.05, 3.63) is 0 Å². The fourth-order valence-corrected chi connectivity index (χ4v) is 2.05. The van der Waals surface area contributed by atoms with E-state index in [2.05, 4.69) is 10.2 Å². The second-order valence-corrected chi connectivity index (χ2v) is 3.49. The van der Waals surface area contributed by atoms with Gasteiger partial charge in [0.05, 0.1) is 6.04 Å². The van der Waals surface area contributed by atoms with Crippen LogP contribution in [0.1, 0.15) is 6.42 Å². The van der Waals surface area contributed by atoms with Gasteiger partial charge >= 0.3 is 0 Å². The zero-order valence-electron chi connectivity index (χ0n) is 6.23. The Morgan fingerprint density at radius 2 is 2.50 bits per heavy atom. The van der Waals surface area contributed by atoms with E-state index in [-0.39, 0.29) is 6.04 Å². The summed E-state index contributed by atoms with van der Waals surface area (Å²) in [5.74, 6) is 0. The lowest BCUT2D eigenvalue weighted by Crippen LogP contribution is -2.37. The molecule has 0 aromatic carbocycles. The lowest BCUT2D eigenvalue weighted by molar-refractivity contribution is 0.172. The Bertz CT molecular complexity index is 151. The molecular formula is C7H13FN2. The molecule has 0 amide bonds. The topological polar surface area (TPSA) is 15.3 Å². The zero-order valence-corrected chi connectivity index (χ0v) is 6.23. The van der Waals surface area contributed by atoms with E-state index in [1.54, 1.807) is 0 Å². The Balaban J connectivity index is 2.15. The number of hydrogen-bond acceptors (Lipinski definition) is 2. The van der Waals surface area contributed by atoms with Crippen LogP contribution < -0.4 is 5.32 Å². The molecule has 0 aliphatic carbocycles. The Kier molecular flexibility index (Phi) is 1.26. The molecule has 0 spiro atoms. The van der Waals surface area contributed by atoms with Crippen molar-refractivity contribution in [2.45, 2.75) is 18.1 Å². The molecule has 0 saturated carbocycles. The largest absolute Gasteiger partial charge is 0.310 e. The number of likely N-dealkylation sites (tertiary alicyclic amines) is 1. The van der Waals surface area contributed by atoms with Crippen LogP contribution in [0.5, 0.6) is 0 Å². The molecule has 2 saturated heterocycles. The molecule has 2 unspecified atom stereocenters. The first kappa shape index (κ1) is 6.55. The quantitative estimate of drug-likeness (QED) is 0.515. The number of rotatable bonds is 0. The molecule has 2 aliphatic rings. The van der Waals surface area contributed by atoms with Crippen LogP contribution in [-0.2, 0) is 0 Å². The highest BCUT2D eigenvalue weighted by atomic mass is 19.1. The third-order valence-corrected chi connectivity index (χ3v) is 2.58. The summed E-state index contributed by atoms with van der Waals surface area (Å²) >= 11 is 0. The smallest absolute Gasteiger partial charge is 0.141 e. The van der Waals surface area contributed by atoms with Crippen LogP contribution in [0.25, 0.3) is 0 Å². The van der Waals surface area contributed by atoms with Crippen molar-refractivity contribution >= 4 is 0 Å². The van der Waals surface area contributed by atoms with Crippen molar-refractivity contribution in [3.63, 3.8) is 0 Å². The average molecular weight is 144 g/mol. The molecule has 10 heavy (non-hydrogen) atoms. The molecule has 2 heterocycles. The van der Waals surface area contributed by atoms with E-state index in [1.807, 2.05) is 7.05 Å². The Morgan fingerprint density at radius 3 is 3.20 bits per heavy atom. The fraction of sp³-hybridized carbons (Fsp3) is 1.00. The SMILES string of the molecule is CN1CC2NCCC2(F)C1. The predicted octanol–water partition coefficient (Wildman–Crippen LogP) is 0.00200. The maximum atomic E-state index is 13.6. The number of likely N-dealkylation sites (N-methyl/N-ethyl adjacent to an activating group) is 1. The minimum absolute atomic E-state index is 0.109. The summed E-state index contributed by atoms with van der Waals surface area (Å²) in [6.07, 6.45) is 0.696. The molecule has 1 N–H and O–H groups in total. The van der Waals surface area contributed by atoms with Crippen LogP contribution in [0.15, 0.2) is 0 Å². The molecule has 0 bridgehead atoms. The van der Waals surface area contributed by atoms with Crippen molar-refractivity contribution in [1.82, 2.24) is 10.2 Å². The highest BCUT2D eigenvalue weighted by Gasteiger charge is 2.48. The molecule has 2 rings (SSSR count). The van der Waals surface area contributed by atoms with E-state index in [0.717, 1.165) is 13.1 Å². The van der Waals surface area contributed by atoms with E-state index in [4.69, 9.17) is 0 Å². The summed E-state index contributed by atoms with van der Waals surface area (Å²) in [4.78, 5) is 2.05. The minimum atomic E-state index is -0.908. The van der Waals surface area contributed by atoms with E-state index in [0.29, 0.717) is 13.0 Å². The van der Waals surface area contributed by atoms with Gasteiger partial charge in [0.1, 0.15) is 5.67 Å². The molecule has 0 aromatic rings. The number of fused-ring (bicyclic) bond motifs is 1. The van der Waals surface area contributed by atoms with Gasteiger partial charge in [-0.2, -0.15) is 0 Å². The third kappa shape index (κ3) is 0.772. The lowest BCUT2D eigenvalue weighted by atomic mass is 10.0. The molecule has 58 valence electrons. The number of halogens is 1. The van der Waals surface area contributed by atoms with E-state index in [9.17, 15) is 4.39 Å². The van der Waals surface area contributed by atoms with Crippen LogP contribution in [0.4, 0.5) is 4.39 Å². The monoisotopic (exact) mass is 144 g/mol. The Hall–Kier alpha value is -0.150. The number of alkyl halides is 1.